The van der Waals surface area contributed by atoms with Gasteiger partial charge in [0.25, 0.3) is 0 Å². The number of hydrogen-bond donors (Lipinski definition) is 1. The van der Waals surface area contributed by atoms with E-state index in [1.54, 1.807) is 11.4 Å². The Hall–Kier alpha value is -0.170. The lowest BCUT2D eigenvalue weighted by molar-refractivity contribution is 0.177. The minimum atomic E-state index is -3.10. The summed E-state index contributed by atoms with van der Waals surface area (Å²) in [4.78, 5) is 0. The van der Waals surface area contributed by atoms with Gasteiger partial charge in [-0.05, 0) is 38.6 Å². The quantitative estimate of drug-likeness (QED) is 0.593. The second-order valence-corrected chi connectivity index (χ2v) is 7.27. The van der Waals surface area contributed by atoms with Crippen molar-refractivity contribution in [3.8, 4) is 0 Å². The molecule has 0 unspecified atom stereocenters. The zero-order valence-electron chi connectivity index (χ0n) is 11.1. The molecule has 2 rings (SSSR count). The maximum atomic E-state index is 12.2. The third-order valence-electron chi connectivity index (χ3n) is 3.42. The molecule has 0 bridgehead atoms. The number of nitrogens with one attached hydrogen (secondary N) is 1. The minimum Gasteiger partial charge on any atom is -0.383 e. The Labute approximate surface area is 110 Å². The molecule has 0 spiro atoms. The van der Waals surface area contributed by atoms with Crippen LogP contribution in [-0.4, -0.2) is 57.4 Å². The van der Waals surface area contributed by atoms with Crippen molar-refractivity contribution in [2.24, 2.45) is 0 Å². The van der Waals surface area contributed by atoms with Gasteiger partial charge in [-0.3, -0.25) is 0 Å². The predicted octanol–water partition coefficient (Wildman–Crippen LogP) is 0.569. The zero-order chi connectivity index (χ0) is 13.0. The van der Waals surface area contributed by atoms with Crippen molar-refractivity contribution in [1.29, 1.82) is 0 Å². The van der Waals surface area contributed by atoms with Crippen LogP contribution in [0.3, 0.4) is 0 Å². The van der Waals surface area contributed by atoms with Gasteiger partial charge >= 0.3 is 0 Å². The second kappa shape index (κ2) is 6.32. The first-order chi connectivity index (χ1) is 8.63. The van der Waals surface area contributed by atoms with E-state index in [0.717, 1.165) is 19.4 Å². The van der Waals surface area contributed by atoms with Crippen LogP contribution in [0.25, 0.3) is 0 Å². The Morgan fingerprint density at radius 1 is 1.28 bits per heavy atom. The lowest BCUT2D eigenvalue weighted by Crippen LogP contribution is -2.38. The van der Waals surface area contributed by atoms with Crippen LogP contribution < -0.4 is 5.32 Å². The van der Waals surface area contributed by atoms with E-state index < -0.39 is 10.0 Å². The summed E-state index contributed by atoms with van der Waals surface area (Å²) in [5.41, 5.74) is 0. The number of ether oxygens (including phenoxy) is 1. The molecule has 106 valence electrons. The van der Waals surface area contributed by atoms with Crippen LogP contribution in [0.15, 0.2) is 0 Å². The topological polar surface area (TPSA) is 58.6 Å². The maximum absolute atomic E-state index is 12.2. The van der Waals surface area contributed by atoms with Crippen molar-refractivity contribution in [2.75, 3.05) is 32.6 Å². The molecular weight excluding hydrogens is 252 g/mol. The Morgan fingerprint density at radius 2 is 2.00 bits per heavy atom. The van der Waals surface area contributed by atoms with Crippen LogP contribution in [0.2, 0.25) is 0 Å². The van der Waals surface area contributed by atoms with Crippen LogP contribution in [0.5, 0.6) is 0 Å². The van der Waals surface area contributed by atoms with E-state index in [9.17, 15) is 8.42 Å². The molecule has 18 heavy (non-hydrogen) atoms. The summed E-state index contributed by atoms with van der Waals surface area (Å²) >= 11 is 0. The zero-order valence-corrected chi connectivity index (χ0v) is 11.9. The summed E-state index contributed by atoms with van der Waals surface area (Å²) in [6, 6.07) is 0.891. The molecule has 0 heterocycles. The summed E-state index contributed by atoms with van der Waals surface area (Å²) in [6.07, 6.45) is 5.20. The smallest absolute Gasteiger partial charge is 0.214 e. The van der Waals surface area contributed by atoms with E-state index in [-0.39, 0.29) is 11.8 Å². The Kier molecular flexibility index (Phi) is 5.00. The van der Waals surface area contributed by atoms with E-state index in [2.05, 4.69) is 5.32 Å². The predicted molar refractivity (Wildman–Crippen MR) is 71.0 cm³/mol. The highest BCUT2D eigenvalue weighted by Gasteiger charge is 2.36. The molecule has 0 atom stereocenters. The highest BCUT2D eigenvalue weighted by atomic mass is 32.2. The number of methoxy groups -OCH3 is 1. The van der Waals surface area contributed by atoms with Gasteiger partial charge in [-0.15, -0.1) is 0 Å². The van der Waals surface area contributed by atoms with Crippen LogP contribution >= 0.6 is 0 Å². The van der Waals surface area contributed by atoms with Crippen molar-refractivity contribution in [1.82, 2.24) is 9.62 Å². The van der Waals surface area contributed by atoms with E-state index in [1.807, 2.05) is 0 Å². The highest BCUT2D eigenvalue weighted by Crippen LogP contribution is 2.29. The fourth-order valence-electron chi connectivity index (χ4n) is 2.06. The normalized spacial score (nSPS) is 20.6. The van der Waals surface area contributed by atoms with Gasteiger partial charge in [-0.2, -0.15) is 4.31 Å². The Morgan fingerprint density at radius 3 is 2.56 bits per heavy atom. The SMILES string of the molecule is COCCN(C1CC1)S(=O)(=O)CCCNC1CC1. The number of hydrogen-bond acceptors (Lipinski definition) is 4. The second-order valence-electron chi connectivity index (χ2n) is 5.23. The molecule has 2 aliphatic rings. The molecule has 0 aromatic heterocycles. The molecule has 0 radical (unpaired) electrons. The van der Waals surface area contributed by atoms with Crippen LogP contribution in [0.4, 0.5) is 0 Å². The highest BCUT2D eigenvalue weighted by molar-refractivity contribution is 7.89. The molecule has 0 aromatic carbocycles. The first kappa shape index (κ1) is 14.2. The molecule has 5 nitrogen and oxygen atoms in total. The van der Waals surface area contributed by atoms with Crippen LogP contribution in [-0.2, 0) is 14.8 Å². The third-order valence-corrected chi connectivity index (χ3v) is 5.42. The molecule has 2 saturated carbocycles. The van der Waals surface area contributed by atoms with Crippen molar-refractivity contribution in [3.63, 3.8) is 0 Å². The molecule has 0 amide bonds. The summed E-state index contributed by atoms with van der Waals surface area (Å²) in [7, 11) is -1.49. The molecule has 6 heteroatoms. The monoisotopic (exact) mass is 276 g/mol. The third kappa shape index (κ3) is 4.50. The summed E-state index contributed by atoms with van der Waals surface area (Å²) in [5, 5.41) is 3.35. The van der Waals surface area contributed by atoms with Gasteiger partial charge in [0.15, 0.2) is 0 Å². The van der Waals surface area contributed by atoms with Gasteiger partial charge in [0.05, 0.1) is 12.4 Å². The number of sulfonamides is 1. The fraction of sp³-hybridized carbons (Fsp3) is 1.00. The minimum absolute atomic E-state index is 0.238. The first-order valence-corrected chi connectivity index (χ1v) is 8.46. The van der Waals surface area contributed by atoms with Crippen LogP contribution in [0, 0.1) is 0 Å². The number of rotatable bonds is 10. The van der Waals surface area contributed by atoms with Gasteiger partial charge in [0, 0.05) is 25.7 Å². The van der Waals surface area contributed by atoms with Crippen LogP contribution in [0.1, 0.15) is 32.1 Å². The van der Waals surface area contributed by atoms with Gasteiger partial charge < -0.3 is 10.1 Å². The van der Waals surface area contributed by atoms with E-state index >= 15 is 0 Å². The van der Waals surface area contributed by atoms with Gasteiger partial charge in [0.2, 0.25) is 10.0 Å². The average molecular weight is 276 g/mol. The van der Waals surface area contributed by atoms with E-state index in [4.69, 9.17) is 4.74 Å². The van der Waals surface area contributed by atoms with Crippen molar-refractivity contribution in [2.45, 2.75) is 44.2 Å². The first-order valence-electron chi connectivity index (χ1n) is 6.85. The Balaban J connectivity index is 1.74. The van der Waals surface area contributed by atoms with E-state index in [0.29, 0.717) is 25.6 Å². The van der Waals surface area contributed by atoms with Crippen molar-refractivity contribution in [3.05, 3.63) is 0 Å². The molecule has 0 aliphatic heterocycles. The summed E-state index contributed by atoms with van der Waals surface area (Å²) in [6.45, 7) is 1.79. The lowest BCUT2D eigenvalue weighted by Gasteiger charge is -2.21. The largest absolute Gasteiger partial charge is 0.383 e. The molecule has 1 N–H and O–H groups in total. The molecular formula is C12H24N2O3S. The average Bonchev–Trinajstić information content (AvgIpc) is 3.17. The van der Waals surface area contributed by atoms with Crippen molar-refractivity contribution < 1.29 is 13.2 Å². The Bertz CT molecular complexity index is 350. The van der Waals surface area contributed by atoms with E-state index in [1.165, 1.54) is 12.8 Å². The molecule has 2 aliphatic carbocycles. The molecule has 0 saturated heterocycles. The van der Waals surface area contributed by atoms with Gasteiger partial charge in [-0.25, -0.2) is 8.42 Å². The molecule has 0 aromatic rings. The fourth-order valence-corrected chi connectivity index (χ4v) is 3.82. The lowest BCUT2D eigenvalue weighted by atomic mass is 10.5. The molecule has 2 fully saturated rings. The van der Waals surface area contributed by atoms with Gasteiger partial charge in [0.1, 0.15) is 0 Å². The maximum Gasteiger partial charge on any atom is 0.214 e. The van der Waals surface area contributed by atoms with Gasteiger partial charge in [-0.1, -0.05) is 0 Å². The summed E-state index contributed by atoms with van der Waals surface area (Å²) in [5.74, 6) is 0.257. The number of nitrogens with zero attached hydrogens (tertiary/aromatic N) is 1. The standard InChI is InChI=1S/C12H24N2O3S/c1-17-9-8-14(12-5-6-12)18(15,16)10-2-7-13-11-3-4-11/h11-13H,2-10H2,1H3. The summed E-state index contributed by atoms with van der Waals surface area (Å²) < 4.78 is 31.1. The van der Waals surface area contributed by atoms with Crippen molar-refractivity contribution >= 4 is 10.0 Å².